The molecule has 0 aliphatic carbocycles. The molecule has 0 bridgehead atoms. The van der Waals surface area contributed by atoms with Crippen LogP contribution in [0.15, 0.2) is 17.5 Å². The zero-order chi connectivity index (χ0) is 10.7. The summed E-state index contributed by atoms with van der Waals surface area (Å²) >= 11 is 6.75. The number of likely N-dealkylation sites (N-methyl/N-ethyl adjacent to an activating group) is 1. The van der Waals surface area contributed by atoms with E-state index in [2.05, 4.69) is 29.3 Å². The monoisotopic (exact) mass is 228 g/mol. The van der Waals surface area contributed by atoms with E-state index in [-0.39, 0.29) is 6.04 Å². The second kappa shape index (κ2) is 4.87. The molecule has 0 aromatic carbocycles. The van der Waals surface area contributed by atoms with Crippen LogP contribution in [-0.4, -0.2) is 23.0 Å². The molecular formula is C10H16N2S2. The fraction of sp³-hybridized carbons (Fsp3) is 0.500. The minimum absolute atomic E-state index is 0.141. The van der Waals surface area contributed by atoms with E-state index >= 15 is 0 Å². The minimum atomic E-state index is 0.141. The van der Waals surface area contributed by atoms with Gasteiger partial charge in [-0.05, 0) is 32.3 Å². The van der Waals surface area contributed by atoms with Gasteiger partial charge in [-0.25, -0.2) is 0 Å². The highest BCUT2D eigenvalue weighted by molar-refractivity contribution is 7.80. The van der Waals surface area contributed by atoms with Crippen molar-refractivity contribution in [1.82, 2.24) is 4.90 Å². The van der Waals surface area contributed by atoms with Crippen molar-refractivity contribution in [2.75, 3.05) is 7.05 Å². The molecule has 0 saturated heterocycles. The Balaban J connectivity index is 2.70. The molecule has 2 unspecified atom stereocenters. The molecule has 0 saturated carbocycles. The van der Waals surface area contributed by atoms with Crippen LogP contribution in [0.5, 0.6) is 0 Å². The lowest BCUT2D eigenvalue weighted by Crippen LogP contribution is -2.40. The quantitative estimate of drug-likeness (QED) is 0.803. The smallest absolute Gasteiger partial charge is 0.0899 e. The third kappa shape index (κ3) is 2.53. The van der Waals surface area contributed by atoms with Gasteiger partial charge in [-0.3, -0.25) is 4.90 Å². The van der Waals surface area contributed by atoms with Crippen LogP contribution < -0.4 is 5.73 Å². The van der Waals surface area contributed by atoms with Crippen molar-refractivity contribution in [3.63, 3.8) is 0 Å². The average Bonchev–Trinajstić information content (AvgIpc) is 2.67. The van der Waals surface area contributed by atoms with Gasteiger partial charge >= 0.3 is 0 Å². The zero-order valence-electron chi connectivity index (χ0n) is 8.73. The molecule has 1 aromatic rings. The Bertz CT molecular complexity index is 295. The highest BCUT2D eigenvalue weighted by Gasteiger charge is 2.19. The Morgan fingerprint density at radius 3 is 2.64 bits per heavy atom. The Hall–Kier alpha value is -0.450. The zero-order valence-corrected chi connectivity index (χ0v) is 10.4. The van der Waals surface area contributed by atoms with Gasteiger partial charge in [-0.15, -0.1) is 11.3 Å². The summed E-state index contributed by atoms with van der Waals surface area (Å²) < 4.78 is 0. The number of hydrogen-bond acceptors (Lipinski definition) is 3. The SMILES string of the molecule is CC(C(N)=S)N(C)C(C)c1cccs1. The Kier molecular flexibility index (Phi) is 4.04. The fourth-order valence-electron chi connectivity index (χ4n) is 1.27. The van der Waals surface area contributed by atoms with E-state index in [1.807, 2.05) is 14.0 Å². The van der Waals surface area contributed by atoms with Gasteiger partial charge in [0, 0.05) is 10.9 Å². The predicted octanol–water partition coefficient (Wildman–Crippen LogP) is 2.42. The molecule has 1 heterocycles. The van der Waals surface area contributed by atoms with Gasteiger partial charge < -0.3 is 5.73 Å². The van der Waals surface area contributed by atoms with Gasteiger partial charge in [0.15, 0.2) is 0 Å². The molecule has 2 atom stereocenters. The van der Waals surface area contributed by atoms with Crippen LogP contribution in [0.3, 0.4) is 0 Å². The molecule has 1 aromatic heterocycles. The van der Waals surface area contributed by atoms with Gasteiger partial charge in [0.1, 0.15) is 0 Å². The summed E-state index contributed by atoms with van der Waals surface area (Å²) in [5.41, 5.74) is 5.62. The van der Waals surface area contributed by atoms with Crippen LogP contribution in [0.4, 0.5) is 0 Å². The number of nitrogens with two attached hydrogens (primary N) is 1. The topological polar surface area (TPSA) is 29.3 Å². The van der Waals surface area contributed by atoms with Gasteiger partial charge in [0.25, 0.3) is 0 Å². The summed E-state index contributed by atoms with van der Waals surface area (Å²) in [5.74, 6) is 0. The van der Waals surface area contributed by atoms with Crippen LogP contribution in [-0.2, 0) is 0 Å². The van der Waals surface area contributed by atoms with Gasteiger partial charge in [-0.2, -0.15) is 0 Å². The van der Waals surface area contributed by atoms with Crippen molar-refractivity contribution in [1.29, 1.82) is 0 Å². The van der Waals surface area contributed by atoms with Crippen LogP contribution >= 0.6 is 23.6 Å². The maximum absolute atomic E-state index is 5.62. The third-order valence-electron chi connectivity index (χ3n) is 2.59. The first kappa shape index (κ1) is 11.6. The van der Waals surface area contributed by atoms with Crippen molar-refractivity contribution in [2.45, 2.75) is 25.9 Å². The first-order chi connectivity index (χ1) is 6.54. The molecule has 0 amide bonds. The van der Waals surface area contributed by atoms with E-state index in [0.717, 1.165) is 0 Å². The number of thiocarbonyl (C=S) groups is 1. The van der Waals surface area contributed by atoms with Crippen molar-refractivity contribution < 1.29 is 0 Å². The van der Waals surface area contributed by atoms with Crippen molar-refractivity contribution in [2.24, 2.45) is 5.73 Å². The summed E-state index contributed by atoms with van der Waals surface area (Å²) in [6.45, 7) is 4.20. The summed E-state index contributed by atoms with van der Waals surface area (Å²) in [4.78, 5) is 4.08. The third-order valence-corrected chi connectivity index (χ3v) is 3.97. The number of hydrogen-bond donors (Lipinski definition) is 1. The highest BCUT2D eigenvalue weighted by atomic mass is 32.1. The van der Waals surface area contributed by atoms with Crippen LogP contribution in [0.2, 0.25) is 0 Å². The molecule has 0 aliphatic heterocycles. The molecule has 14 heavy (non-hydrogen) atoms. The summed E-state index contributed by atoms with van der Waals surface area (Å²) in [6, 6.07) is 4.71. The minimum Gasteiger partial charge on any atom is -0.392 e. The van der Waals surface area contributed by atoms with E-state index < -0.39 is 0 Å². The van der Waals surface area contributed by atoms with E-state index in [4.69, 9.17) is 18.0 Å². The first-order valence-corrected chi connectivity index (χ1v) is 5.87. The van der Waals surface area contributed by atoms with Gasteiger partial charge in [0.05, 0.1) is 11.0 Å². The molecule has 0 fully saturated rings. The molecule has 1 rings (SSSR count). The standard InChI is InChI=1S/C10H16N2S2/c1-7(9-5-4-6-14-9)12(3)8(2)10(11)13/h4-8H,1-3H3,(H2,11,13). The Morgan fingerprint density at radius 2 is 2.21 bits per heavy atom. The largest absolute Gasteiger partial charge is 0.392 e. The van der Waals surface area contributed by atoms with Crippen molar-refractivity contribution in [3.05, 3.63) is 22.4 Å². The molecule has 4 heteroatoms. The summed E-state index contributed by atoms with van der Waals surface area (Å²) in [6.07, 6.45) is 0. The lowest BCUT2D eigenvalue weighted by molar-refractivity contribution is 0.245. The van der Waals surface area contributed by atoms with Crippen molar-refractivity contribution in [3.8, 4) is 0 Å². The van der Waals surface area contributed by atoms with E-state index in [1.54, 1.807) is 11.3 Å². The average molecular weight is 228 g/mol. The second-order valence-corrected chi connectivity index (χ2v) is 4.89. The summed E-state index contributed by atoms with van der Waals surface area (Å²) in [5, 5.41) is 2.09. The van der Waals surface area contributed by atoms with Crippen LogP contribution in [0.25, 0.3) is 0 Å². The normalized spacial score (nSPS) is 15.4. The second-order valence-electron chi connectivity index (χ2n) is 3.44. The maximum Gasteiger partial charge on any atom is 0.0899 e. The van der Waals surface area contributed by atoms with Crippen LogP contribution in [0, 0.1) is 0 Å². The lowest BCUT2D eigenvalue weighted by atomic mass is 10.2. The van der Waals surface area contributed by atoms with E-state index in [9.17, 15) is 0 Å². The van der Waals surface area contributed by atoms with Crippen molar-refractivity contribution >= 4 is 28.5 Å². The van der Waals surface area contributed by atoms with Crippen LogP contribution in [0.1, 0.15) is 24.8 Å². The predicted molar refractivity (Wildman–Crippen MR) is 66.7 cm³/mol. The Labute approximate surface area is 94.7 Å². The summed E-state index contributed by atoms with van der Waals surface area (Å²) in [7, 11) is 2.05. The van der Waals surface area contributed by atoms with E-state index in [1.165, 1.54) is 4.88 Å². The molecular weight excluding hydrogens is 212 g/mol. The van der Waals surface area contributed by atoms with E-state index in [0.29, 0.717) is 11.0 Å². The molecule has 0 aliphatic rings. The number of nitrogens with zero attached hydrogens (tertiary/aromatic N) is 1. The molecule has 78 valence electrons. The molecule has 2 nitrogen and oxygen atoms in total. The Morgan fingerprint density at radius 1 is 1.57 bits per heavy atom. The van der Waals surface area contributed by atoms with Gasteiger partial charge in [-0.1, -0.05) is 18.3 Å². The maximum atomic E-state index is 5.62. The number of rotatable bonds is 4. The first-order valence-electron chi connectivity index (χ1n) is 4.58. The molecule has 0 spiro atoms. The molecule has 2 N–H and O–H groups in total. The fourth-order valence-corrected chi connectivity index (χ4v) is 2.27. The highest BCUT2D eigenvalue weighted by Crippen LogP contribution is 2.24. The number of thiophene rings is 1. The lowest BCUT2D eigenvalue weighted by Gasteiger charge is -2.29. The molecule has 0 radical (unpaired) electrons. The van der Waals surface area contributed by atoms with Gasteiger partial charge in [0.2, 0.25) is 0 Å².